The molecule has 0 atom stereocenters. The maximum atomic E-state index is 12.7. The Bertz CT molecular complexity index is 791. The number of nitrogens with one attached hydrogen (secondary N) is 1. The molecule has 0 bridgehead atoms. The molecule has 0 unspecified atom stereocenters. The topological polar surface area (TPSA) is 75.4 Å². The lowest BCUT2D eigenvalue weighted by Gasteiger charge is -2.31. The van der Waals surface area contributed by atoms with Crippen molar-refractivity contribution in [2.45, 2.75) is 64.0 Å². The van der Waals surface area contributed by atoms with Crippen molar-refractivity contribution in [3.8, 4) is 0 Å². The number of nitrogens with zero attached hydrogens (tertiary/aromatic N) is 1. The lowest BCUT2D eigenvalue weighted by atomic mass is 9.94. The molecule has 156 valence electrons. The Morgan fingerprint density at radius 2 is 1.97 bits per heavy atom. The van der Waals surface area contributed by atoms with Gasteiger partial charge in [-0.15, -0.1) is 0 Å². The molecule has 1 aromatic rings. The average molecular weight is 396 g/mol. The minimum atomic E-state index is 0.0338. The molecule has 5 nitrogen and oxygen atoms in total. The summed E-state index contributed by atoms with van der Waals surface area (Å²) in [4.78, 5) is 27.1. The van der Waals surface area contributed by atoms with E-state index in [9.17, 15) is 9.59 Å². The molecule has 0 saturated heterocycles. The monoisotopic (exact) mass is 395 g/mol. The normalized spacial score (nSPS) is 17.1. The molecule has 1 fully saturated rings. The van der Waals surface area contributed by atoms with E-state index in [1.807, 2.05) is 36.2 Å². The number of hydrogen-bond acceptors (Lipinski definition) is 4. The first kappa shape index (κ1) is 21.3. The van der Waals surface area contributed by atoms with E-state index in [2.05, 4.69) is 5.32 Å². The van der Waals surface area contributed by atoms with Crippen molar-refractivity contribution in [1.82, 2.24) is 10.2 Å². The molecule has 2 aliphatic rings. The third-order valence-corrected chi connectivity index (χ3v) is 6.01. The second-order valence-corrected chi connectivity index (χ2v) is 8.11. The van der Waals surface area contributed by atoms with Gasteiger partial charge in [0, 0.05) is 49.4 Å². The predicted molar refractivity (Wildman–Crippen MR) is 118 cm³/mol. The van der Waals surface area contributed by atoms with Gasteiger partial charge in [0.2, 0.25) is 5.91 Å². The highest BCUT2D eigenvalue weighted by Gasteiger charge is 2.21. The summed E-state index contributed by atoms with van der Waals surface area (Å²) in [5, 5.41) is 3.31. The molecule has 0 aromatic heterocycles. The van der Waals surface area contributed by atoms with Gasteiger partial charge in [-0.2, -0.15) is 0 Å². The van der Waals surface area contributed by atoms with Crippen molar-refractivity contribution in [3.05, 3.63) is 53.1 Å². The number of ketones is 1. The molecule has 3 N–H and O–H groups in total. The van der Waals surface area contributed by atoms with Gasteiger partial charge in [-0.05, 0) is 49.4 Å². The Balaban J connectivity index is 1.50. The van der Waals surface area contributed by atoms with E-state index in [-0.39, 0.29) is 11.7 Å². The van der Waals surface area contributed by atoms with E-state index < -0.39 is 0 Å². The number of carbonyl (C=O) groups excluding carboxylic acids is 2. The maximum Gasteiger partial charge on any atom is 0.223 e. The standard InChI is InChI=1S/C24H33N3O2/c1-27(21-10-6-3-7-11-21)23(28)14-15-26-17-20-16-19(12-13-22(20)25)24(29)18-8-4-2-5-9-18/h4,8-9,12-13,16,21,26H,2-3,5-7,10-11,14-15,17,25H2,1H3. The number of rotatable bonds is 8. The van der Waals surface area contributed by atoms with Crippen LogP contribution in [-0.2, 0) is 11.3 Å². The minimum absolute atomic E-state index is 0.0338. The number of allylic oxidation sites excluding steroid dienone is 4. The van der Waals surface area contributed by atoms with E-state index in [0.29, 0.717) is 36.8 Å². The number of nitrogen functional groups attached to an aromatic ring is 1. The Labute approximate surface area is 174 Å². The zero-order valence-electron chi connectivity index (χ0n) is 17.5. The molecule has 0 spiro atoms. The first-order chi connectivity index (χ1) is 14.1. The highest BCUT2D eigenvalue weighted by Crippen LogP contribution is 2.22. The fourth-order valence-electron chi connectivity index (χ4n) is 4.12. The second kappa shape index (κ2) is 10.4. The molecule has 3 rings (SSSR count). The lowest BCUT2D eigenvalue weighted by Crippen LogP contribution is -2.39. The molecule has 29 heavy (non-hydrogen) atoms. The largest absolute Gasteiger partial charge is 0.398 e. The summed E-state index contributed by atoms with van der Waals surface area (Å²) in [5.41, 5.74) is 9.05. The summed E-state index contributed by atoms with van der Waals surface area (Å²) in [7, 11) is 1.93. The lowest BCUT2D eigenvalue weighted by molar-refractivity contribution is -0.132. The van der Waals surface area contributed by atoms with Crippen LogP contribution >= 0.6 is 0 Å². The van der Waals surface area contributed by atoms with Gasteiger partial charge in [0.25, 0.3) is 0 Å². The Morgan fingerprint density at radius 1 is 1.17 bits per heavy atom. The highest BCUT2D eigenvalue weighted by atomic mass is 16.2. The summed E-state index contributed by atoms with van der Waals surface area (Å²) in [6.07, 6.45) is 14.3. The van der Waals surface area contributed by atoms with Crippen molar-refractivity contribution < 1.29 is 9.59 Å². The molecule has 0 heterocycles. The number of Topliss-reactive ketones (excluding diaryl/α,β-unsaturated/α-hetero) is 1. The Hall–Kier alpha value is -2.40. The van der Waals surface area contributed by atoms with Crippen molar-refractivity contribution in [1.29, 1.82) is 0 Å². The molecular formula is C24H33N3O2. The quantitative estimate of drug-likeness (QED) is 0.396. The third kappa shape index (κ3) is 5.80. The molecule has 0 aliphatic heterocycles. The van der Waals surface area contributed by atoms with Crippen molar-refractivity contribution in [2.75, 3.05) is 19.3 Å². The number of carbonyl (C=O) groups is 2. The predicted octanol–water partition coefficient (Wildman–Crippen LogP) is 4.00. The molecule has 0 radical (unpaired) electrons. The molecule has 1 aromatic carbocycles. The van der Waals surface area contributed by atoms with E-state index in [1.165, 1.54) is 19.3 Å². The second-order valence-electron chi connectivity index (χ2n) is 8.11. The number of benzene rings is 1. The zero-order chi connectivity index (χ0) is 20.6. The van der Waals surface area contributed by atoms with E-state index in [0.717, 1.165) is 36.8 Å². The first-order valence-corrected chi connectivity index (χ1v) is 10.8. The number of hydrogen-bond donors (Lipinski definition) is 2. The molecular weight excluding hydrogens is 362 g/mol. The summed E-state index contributed by atoms with van der Waals surface area (Å²) in [6, 6.07) is 5.84. The van der Waals surface area contributed by atoms with Gasteiger partial charge < -0.3 is 16.0 Å². The molecule has 1 saturated carbocycles. The highest BCUT2D eigenvalue weighted by molar-refractivity contribution is 6.10. The van der Waals surface area contributed by atoms with Crippen LogP contribution in [0.1, 0.15) is 67.3 Å². The smallest absolute Gasteiger partial charge is 0.223 e. The molecule has 5 heteroatoms. The minimum Gasteiger partial charge on any atom is -0.398 e. The van der Waals surface area contributed by atoms with Crippen molar-refractivity contribution in [3.63, 3.8) is 0 Å². The van der Waals surface area contributed by atoms with Crippen LogP contribution in [0.2, 0.25) is 0 Å². The molecule has 1 amide bonds. The van der Waals surface area contributed by atoms with Crippen LogP contribution in [0.3, 0.4) is 0 Å². The van der Waals surface area contributed by atoms with E-state index in [4.69, 9.17) is 5.73 Å². The van der Waals surface area contributed by atoms with Gasteiger partial charge in [-0.3, -0.25) is 9.59 Å². The SMILES string of the molecule is CN(C(=O)CCNCc1cc(C(=O)C2=CCCC=C2)ccc1N)C1CCCCC1. The number of anilines is 1. The van der Waals surface area contributed by atoms with E-state index in [1.54, 1.807) is 12.1 Å². The summed E-state index contributed by atoms with van der Waals surface area (Å²) < 4.78 is 0. The fourth-order valence-corrected chi connectivity index (χ4v) is 4.12. The first-order valence-electron chi connectivity index (χ1n) is 10.8. The number of nitrogens with two attached hydrogens (primary N) is 1. The van der Waals surface area contributed by atoms with Crippen molar-refractivity contribution >= 4 is 17.4 Å². The summed E-state index contributed by atoms with van der Waals surface area (Å²) in [6.45, 7) is 1.14. The molecule has 2 aliphatic carbocycles. The van der Waals surface area contributed by atoms with Crippen LogP contribution in [0.4, 0.5) is 5.69 Å². The summed E-state index contributed by atoms with van der Waals surface area (Å²) >= 11 is 0. The van der Waals surface area contributed by atoms with Crippen LogP contribution in [0, 0.1) is 0 Å². The van der Waals surface area contributed by atoms with Crippen molar-refractivity contribution in [2.24, 2.45) is 0 Å². The Morgan fingerprint density at radius 3 is 2.69 bits per heavy atom. The third-order valence-electron chi connectivity index (χ3n) is 6.01. The van der Waals surface area contributed by atoms with Crippen LogP contribution in [0.5, 0.6) is 0 Å². The average Bonchev–Trinajstić information content (AvgIpc) is 2.77. The van der Waals surface area contributed by atoms with Crippen LogP contribution in [-0.4, -0.2) is 36.2 Å². The van der Waals surface area contributed by atoms with Gasteiger partial charge in [0.05, 0.1) is 0 Å². The van der Waals surface area contributed by atoms with Crippen LogP contribution in [0.15, 0.2) is 42.0 Å². The summed E-state index contributed by atoms with van der Waals surface area (Å²) in [5.74, 6) is 0.226. The van der Waals surface area contributed by atoms with E-state index >= 15 is 0 Å². The Kier molecular flexibility index (Phi) is 7.64. The van der Waals surface area contributed by atoms with Crippen LogP contribution in [0.25, 0.3) is 0 Å². The van der Waals surface area contributed by atoms with Gasteiger partial charge in [0.1, 0.15) is 0 Å². The number of amides is 1. The zero-order valence-corrected chi connectivity index (χ0v) is 17.5. The maximum absolute atomic E-state index is 12.7. The van der Waals surface area contributed by atoms with Gasteiger partial charge in [-0.1, -0.05) is 37.5 Å². The van der Waals surface area contributed by atoms with Gasteiger partial charge in [0.15, 0.2) is 5.78 Å². The van der Waals surface area contributed by atoms with Crippen LogP contribution < -0.4 is 11.1 Å². The fraction of sp³-hybridized carbons (Fsp3) is 0.500. The van der Waals surface area contributed by atoms with Gasteiger partial charge in [-0.25, -0.2) is 0 Å². The van der Waals surface area contributed by atoms with Gasteiger partial charge >= 0.3 is 0 Å².